The van der Waals surface area contributed by atoms with Crippen LogP contribution in [0.3, 0.4) is 0 Å². The lowest BCUT2D eigenvalue weighted by Crippen LogP contribution is -2.62. The number of amides is 1. The number of nitrogens with one attached hydrogen (secondary N) is 1. The van der Waals surface area contributed by atoms with Crippen molar-refractivity contribution in [3.05, 3.63) is 0 Å². The van der Waals surface area contributed by atoms with Crippen molar-refractivity contribution in [1.82, 2.24) is 5.32 Å². The van der Waals surface area contributed by atoms with E-state index in [1.54, 1.807) is 0 Å². The van der Waals surface area contributed by atoms with Crippen molar-refractivity contribution in [3.63, 3.8) is 0 Å². The highest BCUT2D eigenvalue weighted by molar-refractivity contribution is 5.46. The van der Waals surface area contributed by atoms with E-state index in [0.717, 1.165) is 12.3 Å². The number of hydrogen-bond donors (Lipinski definition) is 11. The molecule has 1 amide bonds. The molecule has 3 saturated heterocycles. The van der Waals surface area contributed by atoms with Crippen molar-refractivity contribution in [2.24, 2.45) is 34.6 Å². The molecular formula is C30H62N6O11. The predicted molar refractivity (Wildman–Crippen MR) is 171 cm³/mol. The largest absolute Gasteiger partial charge is 0.394 e. The summed E-state index contributed by atoms with van der Waals surface area (Å²) in [4.78, 5) is 10.9. The molecule has 5 fully saturated rings. The number of carbonyl (C=O) groups is 1. The van der Waals surface area contributed by atoms with E-state index in [9.17, 15) is 25.2 Å². The minimum Gasteiger partial charge on any atom is -0.394 e. The van der Waals surface area contributed by atoms with Crippen LogP contribution in [0.25, 0.3) is 0 Å². The Morgan fingerprint density at radius 2 is 1.45 bits per heavy atom. The number of nitrogens with two attached hydrogens (primary N) is 5. The van der Waals surface area contributed by atoms with E-state index in [4.69, 9.17) is 51.7 Å². The summed E-state index contributed by atoms with van der Waals surface area (Å²) >= 11 is 0. The molecule has 7 unspecified atom stereocenters. The van der Waals surface area contributed by atoms with Crippen LogP contribution < -0.4 is 34.0 Å². The molecule has 5 aliphatic rings. The maximum atomic E-state index is 10.9. The van der Waals surface area contributed by atoms with Crippen molar-refractivity contribution in [2.45, 2.75) is 151 Å². The first-order valence-corrected chi connectivity index (χ1v) is 16.8. The molecule has 16 N–H and O–H groups in total. The molecule has 0 radical (unpaired) electrons. The number of carbonyl (C=O) groups excluding carboxylic acids is 1. The smallest absolute Gasteiger partial charge is 0.207 e. The Morgan fingerprint density at radius 1 is 0.830 bits per heavy atom. The minimum absolute atomic E-state index is 0.0298. The van der Waals surface area contributed by atoms with Gasteiger partial charge in [0.2, 0.25) is 6.41 Å². The number of ether oxygens (including phenoxy) is 5. The van der Waals surface area contributed by atoms with Gasteiger partial charge in [0.1, 0.15) is 24.4 Å². The fraction of sp³-hybridized carbons (Fsp3) is 0.967. The summed E-state index contributed by atoms with van der Waals surface area (Å²) in [6.45, 7) is 2.50. The average molecular weight is 683 g/mol. The van der Waals surface area contributed by atoms with Gasteiger partial charge < -0.3 is 83.2 Å². The van der Waals surface area contributed by atoms with Crippen molar-refractivity contribution in [1.29, 1.82) is 0 Å². The zero-order chi connectivity index (χ0) is 35.1. The average Bonchev–Trinajstić information content (AvgIpc) is 3.52. The summed E-state index contributed by atoms with van der Waals surface area (Å²) in [6, 6.07) is -1.46. The molecule has 0 bridgehead atoms. The minimum atomic E-state index is -1.27. The number of hydrogen-bond acceptors (Lipinski definition) is 16. The van der Waals surface area contributed by atoms with Gasteiger partial charge >= 0.3 is 0 Å². The number of aliphatic hydroxyl groups is 5. The molecule has 17 heteroatoms. The summed E-state index contributed by atoms with van der Waals surface area (Å²) in [5, 5.41) is 49.6. The van der Waals surface area contributed by atoms with E-state index in [1.807, 2.05) is 0 Å². The van der Waals surface area contributed by atoms with Crippen LogP contribution in [-0.2, 0) is 28.5 Å². The molecule has 14 atom stereocenters. The molecule has 0 spiro atoms. The van der Waals surface area contributed by atoms with Crippen molar-refractivity contribution in [3.8, 4) is 0 Å². The van der Waals surface area contributed by atoms with Crippen LogP contribution >= 0.6 is 0 Å². The maximum Gasteiger partial charge on any atom is 0.207 e. The normalized spacial score (nSPS) is 41.9. The van der Waals surface area contributed by atoms with E-state index in [2.05, 4.69) is 18.0 Å². The zero-order valence-corrected chi connectivity index (χ0v) is 27.8. The summed E-state index contributed by atoms with van der Waals surface area (Å²) < 4.78 is 28.6. The number of aliphatic hydroxyl groups excluding tert-OH is 5. The highest BCUT2D eigenvalue weighted by atomic mass is 16.7. The van der Waals surface area contributed by atoms with Gasteiger partial charge in [-0.25, -0.2) is 0 Å². The van der Waals surface area contributed by atoms with Gasteiger partial charge in [-0.1, -0.05) is 26.2 Å². The van der Waals surface area contributed by atoms with Gasteiger partial charge in [0.25, 0.3) is 0 Å². The van der Waals surface area contributed by atoms with Crippen LogP contribution in [0.4, 0.5) is 0 Å². The van der Waals surface area contributed by atoms with E-state index < -0.39 is 67.6 Å². The molecule has 2 saturated carbocycles. The third-order valence-electron chi connectivity index (χ3n) is 9.15. The standard InChI is InChI=1S/C18H33N3O7.C6H14N2O4.C5H10.CH5N/c19-7-15-13(24)2-4-17(27-15)28-18-12(20)5-10(21-9-23)6-14(18)26-16-3-1-11(8-22)25-16;7-1-2-4(9)5(10)3(8)6(11)12-2;1-5-3-2-4-5;1-2/h9-18,22,24H,1-8,19-20H2,(H,21,23);2-6,9-11H,1,7-8H2;5H,2-4H2,1H3;2H2,1H3/t10?,11?,12?,13-,14?,15?,16?,17+,18+;2-,3+,4+,5?,6-;;/m00../s1. The number of rotatable bonds is 9. The zero-order valence-electron chi connectivity index (χ0n) is 27.8. The van der Waals surface area contributed by atoms with E-state index >= 15 is 0 Å². The van der Waals surface area contributed by atoms with Crippen molar-refractivity contribution >= 4 is 6.41 Å². The lowest BCUT2D eigenvalue weighted by molar-refractivity contribution is -0.273. The summed E-state index contributed by atoms with van der Waals surface area (Å²) in [6.07, 6.45) is 1.27. The molecule has 278 valence electrons. The van der Waals surface area contributed by atoms with Crippen molar-refractivity contribution in [2.75, 3.05) is 26.7 Å². The molecule has 3 aliphatic heterocycles. The van der Waals surface area contributed by atoms with E-state index in [1.165, 1.54) is 26.3 Å². The Bertz CT molecular complexity index is 847. The molecular weight excluding hydrogens is 620 g/mol. The summed E-state index contributed by atoms with van der Waals surface area (Å²) in [5.41, 5.74) is 27.0. The molecule has 0 aromatic carbocycles. The fourth-order valence-corrected chi connectivity index (χ4v) is 6.01. The van der Waals surface area contributed by atoms with Crippen LogP contribution in [0.5, 0.6) is 0 Å². The second kappa shape index (κ2) is 21.8. The molecule has 3 heterocycles. The third-order valence-corrected chi connectivity index (χ3v) is 9.15. The van der Waals surface area contributed by atoms with Crippen LogP contribution in [-0.4, -0.2) is 145 Å². The monoisotopic (exact) mass is 682 g/mol. The molecule has 0 aromatic heterocycles. The van der Waals surface area contributed by atoms with Crippen molar-refractivity contribution < 1.29 is 54.0 Å². The quantitative estimate of drug-likeness (QED) is 0.105. The van der Waals surface area contributed by atoms with Gasteiger partial charge in [0.15, 0.2) is 18.9 Å². The second-order valence-electron chi connectivity index (χ2n) is 12.7. The van der Waals surface area contributed by atoms with Gasteiger partial charge in [-0.05, 0) is 38.6 Å². The lowest BCUT2D eigenvalue weighted by Gasteiger charge is -2.43. The Hall–Kier alpha value is -1.13. The van der Waals surface area contributed by atoms with Crippen LogP contribution in [0.2, 0.25) is 0 Å². The van der Waals surface area contributed by atoms with Crippen LogP contribution in [0.1, 0.15) is 64.7 Å². The van der Waals surface area contributed by atoms with Crippen LogP contribution in [0, 0.1) is 5.92 Å². The second-order valence-corrected chi connectivity index (χ2v) is 12.7. The lowest BCUT2D eigenvalue weighted by atomic mass is 9.86. The summed E-state index contributed by atoms with van der Waals surface area (Å²) in [5.74, 6) is 1.06. The van der Waals surface area contributed by atoms with E-state index in [0.29, 0.717) is 38.5 Å². The first kappa shape index (κ1) is 42.0. The summed E-state index contributed by atoms with van der Waals surface area (Å²) in [7, 11) is 1.50. The highest BCUT2D eigenvalue weighted by Gasteiger charge is 2.43. The first-order valence-electron chi connectivity index (χ1n) is 16.8. The fourth-order valence-electron chi connectivity index (χ4n) is 6.01. The van der Waals surface area contributed by atoms with Crippen LogP contribution in [0.15, 0.2) is 0 Å². The third kappa shape index (κ3) is 12.9. The maximum absolute atomic E-state index is 10.9. The van der Waals surface area contributed by atoms with Gasteiger partial charge in [0, 0.05) is 38.0 Å². The van der Waals surface area contributed by atoms with E-state index in [-0.39, 0.29) is 37.9 Å². The SMILES string of the molecule is CC1CCC1.CN.NCC1O[C@H](O[C@@H]2C(N)CC(NC=O)CC2OC2CCC(CO)O2)CC[C@@H]1O.NC[C@@H]1O[C@H](O)[C@H](N)C(O)[C@@H]1O. The van der Waals surface area contributed by atoms with Gasteiger partial charge in [-0.2, -0.15) is 0 Å². The van der Waals surface area contributed by atoms with Gasteiger partial charge in [-0.3, -0.25) is 4.79 Å². The Morgan fingerprint density at radius 3 is 1.98 bits per heavy atom. The highest BCUT2D eigenvalue weighted by Crippen LogP contribution is 2.31. The van der Waals surface area contributed by atoms with Gasteiger partial charge in [-0.15, -0.1) is 0 Å². The molecule has 5 rings (SSSR count). The first-order chi connectivity index (χ1) is 22.5. The predicted octanol–water partition coefficient (Wildman–Crippen LogP) is -3.59. The Balaban J connectivity index is 0.000000330. The topological polar surface area (TPSA) is 306 Å². The van der Waals surface area contributed by atoms with Gasteiger partial charge in [0.05, 0.1) is 37.1 Å². The molecule has 0 aromatic rings. The Labute approximate surface area is 277 Å². The Kier molecular flexibility index (Phi) is 19.5. The molecule has 2 aliphatic carbocycles. The molecule has 47 heavy (non-hydrogen) atoms. The molecule has 17 nitrogen and oxygen atoms in total.